The Bertz CT molecular complexity index is 1050. The molecule has 0 saturated heterocycles. The van der Waals surface area contributed by atoms with E-state index in [1.54, 1.807) is 0 Å². The molecule has 0 bridgehead atoms. The first-order valence-corrected chi connectivity index (χ1v) is 9.20. The molecule has 130 valence electrons. The lowest BCUT2D eigenvalue weighted by atomic mass is 9.94. The molecule has 4 aromatic rings. The van der Waals surface area contributed by atoms with Crippen molar-refractivity contribution in [1.29, 1.82) is 0 Å². The maximum atomic E-state index is 6.49. The Hall–Kier alpha value is -2.55. The Morgan fingerprint density at radius 3 is 2.12 bits per heavy atom. The monoisotopic (exact) mass is 360 g/mol. The number of aromatic nitrogens is 1. The number of nitrogens with two attached hydrogens (primary N) is 1. The molecule has 2 N–H and O–H groups in total. The van der Waals surface area contributed by atoms with Crippen LogP contribution in [0.5, 0.6) is 0 Å². The van der Waals surface area contributed by atoms with Gasteiger partial charge in [-0.2, -0.15) is 0 Å². The second-order valence-electron chi connectivity index (χ2n) is 6.50. The average molecular weight is 361 g/mol. The van der Waals surface area contributed by atoms with E-state index in [-0.39, 0.29) is 0 Å². The number of fused-ring (bicyclic) bond motifs is 1. The number of halogens is 1. The van der Waals surface area contributed by atoms with Gasteiger partial charge in [0, 0.05) is 35.1 Å². The smallest absolute Gasteiger partial charge is 0.0507 e. The first kappa shape index (κ1) is 16.9. The van der Waals surface area contributed by atoms with Crippen LogP contribution in [0.25, 0.3) is 33.2 Å². The van der Waals surface area contributed by atoms with E-state index in [2.05, 4.69) is 72.3 Å². The van der Waals surface area contributed by atoms with E-state index in [4.69, 9.17) is 17.3 Å². The van der Waals surface area contributed by atoms with Crippen LogP contribution < -0.4 is 5.73 Å². The Morgan fingerprint density at radius 2 is 1.50 bits per heavy atom. The topological polar surface area (TPSA) is 30.9 Å². The summed E-state index contributed by atoms with van der Waals surface area (Å²) >= 11 is 6.49. The van der Waals surface area contributed by atoms with Crippen molar-refractivity contribution in [3.8, 4) is 22.3 Å². The largest absolute Gasteiger partial charge is 0.347 e. The third-order valence-corrected chi connectivity index (χ3v) is 5.13. The van der Waals surface area contributed by atoms with Gasteiger partial charge in [0.2, 0.25) is 0 Å². The molecule has 3 heteroatoms. The van der Waals surface area contributed by atoms with E-state index in [0.717, 1.165) is 22.5 Å². The number of hydrogen-bond acceptors (Lipinski definition) is 1. The van der Waals surface area contributed by atoms with Crippen LogP contribution in [0.2, 0.25) is 5.02 Å². The summed E-state index contributed by atoms with van der Waals surface area (Å²) in [5.41, 5.74) is 13.1. The van der Waals surface area contributed by atoms with Crippen LogP contribution in [-0.2, 0) is 13.5 Å². The highest BCUT2D eigenvalue weighted by atomic mass is 35.5. The van der Waals surface area contributed by atoms with E-state index < -0.39 is 0 Å². The molecule has 4 rings (SSSR count). The summed E-state index contributed by atoms with van der Waals surface area (Å²) in [6.07, 6.45) is 0.821. The highest BCUT2D eigenvalue weighted by Gasteiger charge is 2.20. The molecule has 0 atom stereocenters. The minimum absolute atomic E-state index is 0.610. The summed E-state index contributed by atoms with van der Waals surface area (Å²) < 4.78 is 2.24. The maximum absolute atomic E-state index is 6.49. The van der Waals surface area contributed by atoms with Crippen molar-refractivity contribution >= 4 is 22.5 Å². The average Bonchev–Trinajstić information content (AvgIpc) is 2.95. The predicted molar refractivity (Wildman–Crippen MR) is 112 cm³/mol. The summed E-state index contributed by atoms with van der Waals surface area (Å²) in [5, 5.41) is 1.98. The molecule has 0 fully saturated rings. The van der Waals surface area contributed by atoms with Crippen molar-refractivity contribution < 1.29 is 0 Å². The highest BCUT2D eigenvalue weighted by Crippen LogP contribution is 2.42. The fourth-order valence-electron chi connectivity index (χ4n) is 3.77. The zero-order valence-corrected chi connectivity index (χ0v) is 15.5. The minimum atomic E-state index is 0.610. The van der Waals surface area contributed by atoms with Crippen LogP contribution in [0.3, 0.4) is 0 Å². The third-order valence-electron chi connectivity index (χ3n) is 4.92. The predicted octanol–water partition coefficient (Wildman–Crippen LogP) is 5.67. The van der Waals surface area contributed by atoms with Gasteiger partial charge in [0.1, 0.15) is 0 Å². The normalized spacial score (nSPS) is 11.2. The number of hydrogen-bond donors (Lipinski definition) is 1. The van der Waals surface area contributed by atoms with Gasteiger partial charge in [-0.05, 0) is 35.4 Å². The first-order valence-electron chi connectivity index (χ1n) is 8.82. The molecular weight excluding hydrogens is 340 g/mol. The molecule has 0 unspecified atom stereocenters. The lowest BCUT2D eigenvalue weighted by molar-refractivity contribution is 0.829. The lowest BCUT2D eigenvalue weighted by Crippen LogP contribution is -2.07. The second-order valence-corrected chi connectivity index (χ2v) is 6.94. The molecule has 2 nitrogen and oxygen atoms in total. The van der Waals surface area contributed by atoms with Gasteiger partial charge in [-0.3, -0.25) is 0 Å². The van der Waals surface area contributed by atoms with Crippen LogP contribution in [-0.4, -0.2) is 11.1 Å². The summed E-state index contributed by atoms with van der Waals surface area (Å²) in [7, 11) is 2.10. The van der Waals surface area contributed by atoms with Gasteiger partial charge >= 0.3 is 0 Å². The van der Waals surface area contributed by atoms with Gasteiger partial charge in [0.05, 0.1) is 5.52 Å². The number of rotatable bonds is 4. The molecule has 0 spiro atoms. The molecule has 0 radical (unpaired) electrons. The molecule has 26 heavy (non-hydrogen) atoms. The maximum Gasteiger partial charge on any atom is 0.0507 e. The molecule has 1 heterocycles. The van der Waals surface area contributed by atoms with Crippen LogP contribution in [0.4, 0.5) is 0 Å². The number of nitrogens with zero attached hydrogens (tertiary/aromatic N) is 1. The molecule has 0 saturated carbocycles. The van der Waals surface area contributed by atoms with Crippen LogP contribution in [0.15, 0.2) is 72.8 Å². The quantitative estimate of drug-likeness (QED) is 0.499. The van der Waals surface area contributed by atoms with E-state index in [1.165, 1.54) is 27.8 Å². The van der Waals surface area contributed by atoms with Crippen molar-refractivity contribution in [3.05, 3.63) is 83.5 Å². The Morgan fingerprint density at radius 1 is 0.885 bits per heavy atom. The van der Waals surface area contributed by atoms with Crippen LogP contribution in [0, 0.1) is 0 Å². The first-order chi connectivity index (χ1) is 12.7. The van der Waals surface area contributed by atoms with Gasteiger partial charge in [-0.15, -0.1) is 0 Å². The SMILES string of the molecule is Cn1c(CCN)c(-c2ccccc2)c2c(-c3ccccc3)cc(Cl)cc21. The van der Waals surface area contributed by atoms with Gasteiger partial charge in [0.25, 0.3) is 0 Å². The van der Waals surface area contributed by atoms with Crippen molar-refractivity contribution in [2.45, 2.75) is 6.42 Å². The van der Waals surface area contributed by atoms with Crippen LogP contribution >= 0.6 is 11.6 Å². The van der Waals surface area contributed by atoms with E-state index in [0.29, 0.717) is 6.54 Å². The fraction of sp³-hybridized carbons (Fsp3) is 0.130. The number of benzene rings is 3. The Balaban J connectivity index is 2.15. The fourth-order valence-corrected chi connectivity index (χ4v) is 3.98. The minimum Gasteiger partial charge on any atom is -0.347 e. The zero-order chi connectivity index (χ0) is 18.1. The van der Waals surface area contributed by atoms with Crippen molar-refractivity contribution in [3.63, 3.8) is 0 Å². The zero-order valence-electron chi connectivity index (χ0n) is 14.7. The lowest BCUT2D eigenvalue weighted by Gasteiger charge is -2.09. The van der Waals surface area contributed by atoms with Crippen molar-refractivity contribution in [2.75, 3.05) is 6.54 Å². The second kappa shape index (κ2) is 6.99. The van der Waals surface area contributed by atoms with Gasteiger partial charge in [0.15, 0.2) is 0 Å². The number of aryl methyl sites for hydroxylation is 1. The Labute approximate surface area is 158 Å². The standard InChI is InChI=1S/C23H21ClN2/c1-26-20(12-13-25)22(17-10-6-3-7-11-17)23-19(14-18(24)15-21(23)26)16-8-4-2-5-9-16/h2-11,14-15H,12-13,25H2,1H3. The highest BCUT2D eigenvalue weighted by molar-refractivity contribution is 6.32. The van der Waals surface area contributed by atoms with E-state index in [9.17, 15) is 0 Å². The molecule has 0 aliphatic heterocycles. The molecule has 1 aromatic heterocycles. The van der Waals surface area contributed by atoms with E-state index in [1.807, 2.05) is 12.1 Å². The van der Waals surface area contributed by atoms with Gasteiger partial charge in [-0.25, -0.2) is 0 Å². The summed E-state index contributed by atoms with van der Waals surface area (Å²) in [5.74, 6) is 0. The van der Waals surface area contributed by atoms with Gasteiger partial charge in [-0.1, -0.05) is 72.3 Å². The van der Waals surface area contributed by atoms with E-state index >= 15 is 0 Å². The summed E-state index contributed by atoms with van der Waals surface area (Å²) in [6, 6.07) is 25.1. The third kappa shape index (κ3) is 2.82. The summed E-state index contributed by atoms with van der Waals surface area (Å²) in [6.45, 7) is 0.610. The molecular formula is C23H21ClN2. The van der Waals surface area contributed by atoms with Crippen LogP contribution in [0.1, 0.15) is 5.69 Å². The summed E-state index contributed by atoms with van der Waals surface area (Å²) in [4.78, 5) is 0. The molecule has 0 aliphatic rings. The van der Waals surface area contributed by atoms with Gasteiger partial charge < -0.3 is 10.3 Å². The van der Waals surface area contributed by atoms with Crippen molar-refractivity contribution in [2.24, 2.45) is 12.8 Å². The molecule has 0 aliphatic carbocycles. The van der Waals surface area contributed by atoms with Crippen molar-refractivity contribution in [1.82, 2.24) is 4.57 Å². The Kier molecular flexibility index (Phi) is 4.54. The molecule has 3 aromatic carbocycles. The molecule has 0 amide bonds.